The molecule has 1 aliphatic carbocycles. The lowest BCUT2D eigenvalue weighted by Gasteiger charge is -2.13. The molecule has 10 heavy (non-hydrogen) atoms. The molecule has 0 heterocycles. The van der Waals surface area contributed by atoms with Crippen LogP contribution in [0.4, 0.5) is 0 Å². The van der Waals surface area contributed by atoms with Crippen molar-refractivity contribution in [1.82, 2.24) is 4.31 Å². The Kier molecular flexibility index (Phi) is 2.82. The van der Waals surface area contributed by atoms with Gasteiger partial charge in [0.25, 0.3) is 0 Å². The highest BCUT2D eigenvalue weighted by Crippen LogP contribution is 2.29. The van der Waals surface area contributed by atoms with Crippen molar-refractivity contribution >= 4 is 11.3 Å². The Morgan fingerprint density at radius 2 is 2.30 bits per heavy atom. The van der Waals surface area contributed by atoms with E-state index in [0.717, 1.165) is 6.54 Å². The SMILES string of the molecule is CCN(CC1CC1)S(=O)O. The zero-order valence-electron chi connectivity index (χ0n) is 6.12. The maximum Gasteiger partial charge on any atom is 0.234 e. The van der Waals surface area contributed by atoms with Crippen molar-refractivity contribution in [3.63, 3.8) is 0 Å². The first-order valence-corrected chi connectivity index (χ1v) is 4.66. The largest absolute Gasteiger partial charge is 0.294 e. The third-order valence-corrected chi connectivity index (χ3v) is 2.58. The molecule has 0 spiro atoms. The first-order valence-electron chi connectivity index (χ1n) is 3.60. The molecule has 1 rings (SSSR count). The van der Waals surface area contributed by atoms with E-state index in [2.05, 4.69) is 0 Å². The smallest absolute Gasteiger partial charge is 0.234 e. The molecule has 1 saturated carbocycles. The van der Waals surface area contributed by atoms with Crippen LogP contribution in [0.3, 0.4) is 0 Å². The molecule has 0 saturated heterocycles. The lowest BCUT2D eigenvalue weighted by Crippen LogP contribution is -2.27. The zero-order valence-corrected chi connectivity index (χ0v) is 6.93. The Bertz CT molecular complexity index is 136. The Morgan fingerprint density at radius 3 is 2.60 bits per heavy atom. The third kappa shape index (κ3) is 2.36. The average Bonchev–Trinajstić information content (AvgIpc) is 2.64. The Morgan fingerprint density at radius 1 is 1.70 bits per heavy atom. The number of nitrogens with zero attached hydrogens (tertiary/aromatic N) is 1. The van der Waals surface area contributed by atoms with Gasteiger partial charge in [0.05, 0.1) is 0 Å². The maximum atomic E-state index is 10.5. The van der Waals surface area contributed by atoms with E-state index in [0.29, 0.717) is 12.5 Å². The predicted octanol–water partition coefficient (Wildman–Crippen LogP) is 0.855. The quantitative estimate of drug-likeness (QED) is 0.624. The monoisotopic (exact) mass is 163 g/mol. The highest BCUT2D eigenvalue weighted by atomic mass is 32.2. The standard InChI is InChI=1S/C6H13NO2S/c1-2-7(10(8)9)5-6-3-4-6/h6H,2-5H2,1H3,(H,8,9). The second-order valence-corrected chi connectivity index (χ2v) is 3.63. The topological polar surface area (TPSA) is 40.5 Å². The Hall–Kier alpha value is 0.0700. The molecule has 4 heteroatoms. The van der Waals surface area contributed by atoms with Gasteiger partial charge >= 0.3 is 0 Å². The summed E-state index contributed by atoms with van der Waals surface area (Å²) in [6.45, 7) is 3.36. The Balaban J connectivity index is 2.24. The van der Waals surface area contributed by atoms with Gasteiger partial charge in [-0.1, -0.05) is 6.92 Å². The van der Waals surface area contributed by atoms with E-state index in [-0.39, 0.29) is 0 Å². The van der Waals surface area contributed by atoms with Crippen molar-refractivity contribution in [3.05, 3.63) is 0 Å². The van der Waals surface area contributed by atoms with Crippen molar-refractivity contribution in [1.29, 1.82) is 0 Å². The van der Waals surface area contributed by atoms with Crippen molar-refractivity contribution in [2.75, 3.05) is 13.1 Å². The van der Waals surface area contributed by atoms with Gasteiger partial charge in [-0.25, -0.2) is 8.51 Å². The van der Waals surface area contributed by atoms with Crippen molar-refractivity contribution in [3.8, 4) is 0 Å². The van der Waals surface area contributed by atoms with Crippen LogP contribution in [0.15, 0.2) is 0 Å². The molecule has 0 amide bonds. The van der Waals surface area contributed by atoms with Gasteiger partial charge in [0.1, 0.15) is 0 Å². The molecule has 0 aromatic rings. The fraction of sp³-hybridized carbons (Fsp3) is 1.00. The van der Waals surface area contributed by atoms with Crippen LogP contribution in [0.5, 0.6) is 0 Å². The second-order valence-electron chi connectivity index (χ2n) is 2.65. The molecule has 0 aromatic heterocycles. The second kappa shape index (κ2) is 3.46. The molecular formula is C6H13NO2S. The average molecular weight is 163 g/mol. The summed E-state index contributed by atoms with van der Waals surface area (Å²) in [6, 6.07) is 0. The van der Waals surface area contributed by atoms with E-state index in [4.69, 9.17) is 4.55 Å². The fourth-order valence-corrected chi connectivity index (χ4v) is 1.45. The van der Waals surface area contributed by atoms with E-state index in [1.807, 2.05) is 6.92 Å². The molecule has 1 fully saturated rings. The van der Waals surface area contributed by atoms with Crippen LogP contribution >= 0.6 is 0 Å². The van der Waals surface area contributed by atoms with Crippen LogP contribution in [-0.2, 0) is 11.3 Å². The van der Waals surface area contributed by atoms with Gasteiger partial charge in [0, 0.05) is 13.1 Å². The third-order valence-electron chi connectivity index (χ3n) is 1.73. The van der Waals surface area contributed by atoms with Gasteiger partial charge in [-0.3, -0.25) is 4.55 Å². The van der Waals surface area contributed by atoms with Gasteiger partial charge in [-0.05, 0) is 18.8 Å². The normalized spacial score (nSPS) is 21.5. The lowest BCUT2D eigenvalue weighted by atomic mass is 10.4. The summed E-state index contributed by atoms with van der Waals surface area (Å²) in [4.78, 5) is 0. The number of hydrogen-bond acceptors (Lipinski definition) is 1. The summed E-state index contributed by atoms with van der Waals surface area (Å²) < 4.78 is 20.8. The van der Waals surface area contributed by atoms with Crippen molar-refractivity contribution < 1.29 is 8.76 Å². The minimum absolute atomic E-state index is 0.666. The van der Waals surface area contributed by atoms with E-state index in [9.17, 15) is 4.21 Å². The predicted molar refractivity (Wildman–Crippen MR) is 40.7 cm³/mol. The lowest BCUT2D eigenvalue weighted by molar-refractivity contribution is 0.397. The first-order chi connectivity index (χ1) is 4.74. The van der Waals surface area contributed by atoms with Crippen LogP contribution in [0.25, 0.3) is 0 Å². The summed E-state index contributed by atoms with van der Waals surface area (Å²) in [7, 11) is 0. The van der Waals surface area contributed by atoms with Crippen LogP contribution < -0.4 is 0 Å². The van der Waals surface area contributed by atoms with E-state index >= 15 is 0 Å². The van der Waals surface area contributed by atoms with E-state index in [1.165, 1.54) is 12.8 Å². The van der Waals surface area contributed by atoms with Crippen LogP contribution in [0.1, 0.15) is 19.8 Å². The van der Waals surface area contributed by atoms with Gasteiger partial charge in [-0.15, -0.1) is 0 Å². The number of rotatable bonds is 4. The van der Waals surface area contributed by atoms with Gasteiger partial charge in [-0.2, -0.15) is 0 Å². The molecule has 0 radical (unpaired) electrons. The van der Waals surface area contributed by atoms with Crippen molar-refractivity contribution in [2.24, 2.45) is 5.92 Å². The van der Waals surface area contributed by atoms with E-state index in [1.54, 1.807) is 4.31 Å². The summed E-state index contributed by atoms with van der Waals surface area (Å²) in [5.41, 5.74) is 0. The summed E-state index contributed by atoms with van der Waals surface area (Å²) in [5.74, 6) is 0.691. The highest BCUT2D eigenvalue weighted by Gasteiger charge is 2.25. The molecular weight excluding hydrogens is 150 g/mol. The van der Waals surface area contributed by atoms with Crippen LogP contribution in [0, 0.1) is 5.92 Å². The molecule has 0 aromatic carbocycles. The molecule has 3 nitrogen and oxygen atoms in total. The minimum Gasteiger partial charge on any atom is -0.294 e. The summed E-state index contributed by atoms with van der Waals surface area (Å²) in [6.07, 6.45) is 2.46. The number of hydrogen-bond donors (Lipinski definition) is 1. The van der Waals surface area contributed by atoms with E-state index < -0.39 is 11.3 Å². The molecule has 1 unspecified atom stereocenters. The molecule has 0 aliphatic heterocycles. The van der Waals surface area contributed by atoms with Gasteiger partial charge in [0.15, 0.2) is 0 Å². The van der Waals surface area contributed by atoms with Crippen molar-refractivity contribution in [2.45, 2.75) is 19.8 Å². The molecule has 60 valence electrons. The molecule has 0 bridgehead atoms. The molecule has 1 aliphatic rings. The fourth-order valence-electron chi connectivity index (χ4n) is 0.892. The first kappa shape index (κ1) is 8.17. The van der Waals surface area contributed by atoms with Crippen LogP contribution in [-0.4, -0.2) is 26.2 Å². The van der Waals surface area contributed by atoms with Crippen LogP contribution in [0.2, 0.25) is 0 Å². The van der Waals surface area contributed by atoms with Gasteiger partial charge in [0.2, 0.25) is 11.3 Å². The summed E-state index contributed by atoms with van der Waals surface area (Å²) in [5, 5.41) is 0. The zero-order chi connectivity index (χ0) is 7.56. The summed E-state index contributed by atoms with van der Waals surface area (Å²) >= 11 is -1.75. The highest BCUT2D eigenvalue weighted by molar-refractivity contribution is 7.76. The minimum atomic E-state index is -1.75. The Labute approximate surface area is 63.8 Å². The van der Waals surface area contributed by atoms with Gasteiger partial charge < -0.3 is 0 Å². The molecule has 1 atom stereocenters. The molecule has 1 N–H and O–H groups in total. The maximum absolute atomic E-state index is 10.5.